The summed E-state index contributed by atoms with van der Waals surface area (Å²) >= 11 is 1.37. The number of nitrogens with zero attached hydrogens (tertiary/aromatic N) is 1. The van der Waals surface area contributed by atoms with Crippen molar-refractivity contribution in [2.45, 2.75) is 86.5 Å². The molecule has 0 spiro atoms. The quantitative estimate of drug-likeness (QED) is 0.529. The van der Waals surface area contributed by atoms with Crippen molar-refractivity contribution < 1.29 is 24.5 Å². The number of allylic oxidation sites excluding steroid dienone is 3. The summed E-state index contributed by atoms with van der Waals surface area (Å²) in [6.45, 7) is 13.3. The van der Waals surface area contributed by atoms with Crippen LogP contribution in [-0.4, -0.2) is 39.2 Å². The predicted octanol–water partition coefficient (Wildman–Crippen LogP) is 5.50. The second kappa shape index (κ2) is 12.7. The first-order valence-corrected chi connectivity index (χ1v) is 13.2. The molecule has 5 atom stereocenters. The summed E-state index contributed by atoms with van der Waals surface area (Å²) in [5, 5.41) is 22.6. The summed E-state index contributed by atoms with van der Waals surface area (Å²) in [5.74, 6) is -0.405. The molecule has 1 aliphatic heterocycles. The number of aliphatic hydroxyl groups is 2. The fraction of sp³-hybridized carbons (Fsp3) is 0.607. The third-order valence-electron chi connectivity index (χ3n) is 7.33. The molecule has 0 amide bonds. The van der Waals surface area contributed by atoms with E-state index in [1.807, 2.05) is 38.3 Å². The van der Waals surface area contributed by atoms with Gasteiger partial charge in [-0.3, -0.25) is 9.59 Å². The van der Waals surface area contributed by atoms with Gasteiger partial charge in [-0.25, -0.2) is 4.98 Å². The van der Waals surface area contributed by atoms with E-state index in [2.05, 4.69) is 31.0 Å². The van der Waals surface area contributed by atoms with E-state index in [0.717, 1.165) is 17.6 Å². The smallest absolute Gasteiger partial charge is 0.309 e. The lowest BCUT2D eigenvalue weighted by Crippen LogP contribution is -2.43. The zero-order valence-corrected chi connectivity index (χ0v) is 22.9. The van der Waals surface area contributed by atoms with Gasteiger partial charge < -0.3 is 14.9 Å². The largest absolute Gasteiger partial charge is 0.457 e. The Morgan fingerprint density at radius 2 is 1.94 bits per heavy atom. The van der Waals surface area contributed by atoms with Crippen molar-refractivity contribution >= 4 is 29.2 Å². The van der Waals surface area contributed by atoms with Gasteiger partial charge in [0.05, 0.1) is 30.2 Å². The molecule has 0 saturated heterocycles. The van der Waals surface area contributed by atoms with Crippen LogP contribution in [0.5, 0.6) is 0 Å². The number of aliphatic hydroxyl groups excluding tert-OH is 2. The standard InChI is InChI=1S/C28H41NO5S/c1-17-9-8-10-18(2)20(4)21(5)27(33)28(6,7)24(31)14-26(32)34-23(12-11-17)19(3)13-22-16-35-25(15-30)29-22/h8-9,11,13,16,18,20-21,23-24,30-31H,10,12,14-15H2,1-7H3/b9-8?,17-11?,19-13+/t18-,20-,21+,23-,24-/m0/s1. The minimum atomic E-state index is -1.15. The van der Waals surface area contributed by atoms with Crippen molar-refractivity contribution in [3.63, 3.8) is 0 Å². The molecule has 1 aromatic rings. The van der Waals surface area contributed by atoms with Crippen LogP contribution >= 0.6 is 11.3 Å². The second-order valence-corrected chi connectivity index (χ2v) is 11.4. The summed E-state index contributed by atoms with van der Waals surface area (Å²) in [7, 11) is 0. The Bertz CT molecular complexity index is 974. The van der Waals surface area contributed by atoms with Crippen molar-refractivity contribution in [3.8, 4) is 0 Å². The maximum absolute atomic E-state index is 13.3. The molecule has 1 aliphatic rings. The molecule has 2 N–H and O–H groups in total. The van der Waals surface area contributed by atoms with E-state index < -0.39 is 23.6 Å². The summed E-state index contributed by atoms with van der Waals surface area (Å²) in [4.78, 5) is 30.5. The second-order valence-electron chi connectivity index (χ2n) is 10.4. The molecule has 35 heavy (non-hydrogen) atoms. The first kappa shape index (κ1) is 29.1. The van der Waals surface area contributed by atoms with Crippen molar-refractivity contribution in [2.24, 2.45) is 23.2 Å². The van der Waals surface area contributed by atoms with Crippen LogP contribution in [0.3, 0.4) is 0 Å². The minimum Gasteiger partial charge on any atom is -0.457 e. The monoisotopic (exact) mass is 503 g/mol. The molecule has 1 aromatic heterocycles. The van der Waals surface area contributed by atoms with Crippen molar-refractivity contribution in [2.75, 3.05) is 0 Å². The molecule has 0 unspecified atom stereocenters. The lowest BCUT2D eigenvalue weighted by atomic mass is 9.70. The number of Topliss-reactive ketones (excluding diaryl/α,β-unsaturated/α-hetero) is 1. The lowest BCUT2D eigenvalue weighted by molar-refractivity contribution is -0.153. The van der Waals surface area contributed by atoms with Crippen molar-refractivity contribution in [1.29, 1.82) is 0 Å². The summed E-state index contributed by atoms with van der Waals surface area (Å²) in [6, 6.07) is 0. The summed E-state index contributed by atoms with van der Waals surface area (Å²) in [6.07, 6.45) is 7.47. The van der Waals surface area contributed by atoms with Crippen LogP contribution in [0.15, 0.2) is 34.8 Å². The van der Waals surface area contributed by atoms with Gasteiger partial charge in [-0.05, 0) is 43.8 Å². The highest BCUT2D eigenvalue weighted by atomic mass is 32.1. The minimum absolute atomic E-state index is 0.0415. The molecule has 2 heterocycles. The number of ether oxygens (including phenoxy) is 1. The average Bonchev–Trinajstić information content (AvgIpc) is 3.26. The summed E-state index contributed by atoms with van der Waals surface area (Å²) < 4.78 is 5.81. The highest BCUT2D eigenvalue weighted by Crippen LogP contribution is 2.34. The SMILES string of the molecule is CC1=CC[C@@H](/C(C)=C/c2csc(CO)n2)OC(=O)C[C@H](O)C(C)(C)C(=O)[C@H](C)[C@@H](C)[C@@H](C)CC=C1. The maximum atomic E-state index is 13.3. The normalized spacial score (nSPS) is 29.6. The third kappa shape index (κ3) is 7.95. The van der Waals surface area contributed by atoms with E-state index in [0.29, 0.717) is 23.0 Å². The van der Waals surface area contributed by atoms with Crippen LogP contribution in [0.1, 0.15) is 78.4 Å². The Morgan fingerprint density at radius 1 is 1.26 bits per heavy atom. The van der Waals surface area contributed by atoms with Crippen LogP contribution in [0, 0.1) is 23.2 Å². The molecular formula is C28H41NO5S. The molecule has 0 aliphatic carbocycles. The number of hydrogen-bond donors (Lipinski definition) is 2. The van der Waals surface area contributed by atoms with Crippen LogP contribution in [0.25, 0.3) is 6.08 Å². The fourth-order valence-corrected chi connectivity index (χ4v) is 4.87. The Labute approximate surface area is 213 Å². The number of aromatic nitrogens is 1. The number of cyclic esters (lactones) is 1. The first-order chi connectivity index (χ1) is 16.4. The van der Waals surface area contributed by atoms with Crippen LogP contribution in [-0.2, 0) is 20.9 Å². The molecule has 0 aromatic carbocycles. The van der Waals surface area contributed by atoms with E-state index >= 15 is 0 Å². The van der Waals surface area contributed by atoms with Crippen LogP contribution < -0.4 is 0 Å². The molecule has 6 nitrogen and oxygen atoms in total. The molecule has 7 heteroatoms. The number of thiazole rings is 1. The van der Waals surface area contributed by atoms with E-state index in [9.17, 15) is 19.8 Å². The topological polar surface area (TPSA) is 96.7 Å². The first-order valence-electron chi connectivity index (χ1n) is 12.3. The number of carbonyl (C=O) groups excluding carboxylic acids is 2. The molecule has 0 radical (unpaired) electrons. The number of esters is 1. The van der Waals surface area contributed by atoms with Gasteiger partial charge in [-0.1, -0.05) is 58.4 Å². The van der Waals surface area contributed by atoms with Gasteiger partial charge in [0, 0.05) is 17.7 Å². The van der Waals surface area contributed by atoms with Gasteiger partial charge in [-0.2, -0.15) is 0 Å². The van der Waals surface area contributed by atoms with Gasteiger partial charge in [0.15, 0.2) is 0 Å². The average molecular weight is 504 g/mol. The van der Waals surface area contributed by atoms with Crippen LogP contribution in [0.4, 0.5) is 0 Å². The highest BCUT2D eigenvalue weighted by Gasteiger charge is 2.41. The number of hydrogen-bond acceptors (Lipinski definition) is 7. The molecule has 2 rings (SSSR count). The van der Waals surface area contributed by atoms with E-state index in [1.165, 1.54) is 11.3 Å². The lowest BCUT2D eigenvalue weighted by Gasteiger charge is -2.35. The Balaban J connectivity index is 2.37. The third-order valence-corrected chi connectivity index (χ3v) is 8.18. The van der Waals surface area contributed by atoms with Gasteiger partial charge in [-0.15, -0.1) is 11.3 Å². The number of ketones is 1. The predicted molar refractivity (Wildman–Crippen MR) is 141 cm³/mol. The van der Waals surface area contributed by atoms with Gasteiger partial charge in [0.25, 0.3) is 0 Å². The zero-order valence-electron chi connectivity index (χ0n) is 22.1. The number of rotatable bonds is 3. The van der Waals surface area contributed by atoms with Crippen molar-refractivity contribution in [1.82, 2.24) is 4.98 Å². The highest BCUT2D eigenvalue weighted by molar-refractivity contribution is 7.09. The van der Waals surface area contributed by atoms with E-state index in [-0.39, 0.29) is 30.6 Å². The fourth-order valence-electron chi connectivity index (χ4n) is 4.26. The Hall–Kier alpha value is -2.09. The van der Waals surface area contributed by atoms with Gasteiger partial charge in [0.2, 0.25) is 0 Å². The number of carbonyl (C=O) groups is 2. The van der Waals surface area contributed by atoms with Crippen molar-refractivity contribution in [3.05, 3.63) is 45.5 Å². The molecular weight excluding hydrogens is 462 g/mol. The molecule has 194 valence electrons. The zero-order chi connectivity index (χ0) is 26.3. The molecule has 0 saturated carbocycles. The van der Waals surface area contributed by atoms with E-state index in [4.69, 9.17) is 4.74 Å². The maximum Gasteiger partial charge on any atom is 0.309 e. The summed E-state index contributed by atoms with van der Waals surface area (Å²) in [5.41, 5.74) is 1.50. The Morgan fingerprint density at radius 3 is 2.57 bits per heavy atom. The van der Waals surface area contributed by atoms with Crippen LogP contribution in [0.2, 0.25) is 0 Å². The molecule has 0 fully saturated rings. The Kier molecular flexibility index (Phi) is 10.6. The molecule has 0 bridgehead atoms. The van der Waals surface area contributed by atoms with Gasteiger partial charge in [0.1, 0.15) is 16.9 Å². The van der Waals surface area contributed by atoms with Gasteiger partial charge >= 0.3 is 5.97 Å². The van der Waals surface area contributed by atoms with E-state index in [1.54, 1.807) is 13.8 Å².